The van der Waals surface area contributed by atoms with E-state index < -0.39 is 0 Å². The normalized spacial score (nSPS) is 10.3. The topological polar surface area (TPSA) is 42.2 Å². The number of amides is 1. The fourth-order valence-electron chi connectivity index (χ4n) is 1.30. The van der Waals surface area contributed by atoms with E-state index in [0.717, 1.165) is 10.0 Å². The van der Waals surface area contributed by atoms with Gasteiger partial charge in [-0.25, -0.2) is 0 Å². The summed E-state index contributed by atoms with van der Waals surface area (Å²) in [7, 11) is 0. The summed E-state index contributed by atoms with van der Waals surface area (Å²) in [5.74, 6) is -0.139. The molecule has 5 heteroatoms. The van der Waals surface area contributed by atoms with Crippen molar-refractivity contribution in [2.45, 2.75) is 6.92 Å². The van der Waals surface area contributed by atoms with Crippen LogP contribution < -0.4 is 5.32 Å². The van der Waals surface area contributed by atoms with Gasteiger partial charge in [0.15, 0.2) is 11.0 Å². The first-order valence-corrected chi connectivity index (χ1v) is 6.06. The number of nitrogens with one attached hydrogen (secondary N) is 1. The van der Waals surface area contributed by atoms with E-state index in [1.807, 2.05) is 25.1 Å². The zero-order chi connectivity index (χ0) is 12.4. The smallest absolute Gasteiger partial charge is 0.291 e. The number of hydrogen-bond acceptors (Lipinski definition) is 2. The van der Waals surface area contributed by atoms with Gasteiger partial charge < -0.3 is 9.73 Å². The Morgan fingerprint density at radius 1 is 1.35 bits per heavy atom. The average Bonchev–Trinajstić information content (AvgIpc) is 2.70. The zero-order valence-electron chi connectivity index (χ0n) is 8.96. The molecule has 0 aliphatic carbocycles. The second-order valence-corrected chi connectivity index (χ2v) is 4.75. The Hall–Kier alpha value is -1.26. The Balaban J connectivity index is 2.15. The molecule has 0 unspecified atom stereocenters. The fourth-order valence-corrected chi connectivity index (χ4v) is 1.82. The standard InChI is InChI=1S/C12H9BrClNO2/c1-7-2-3-8(6-9(7)13)15-12(16)10-4-5-11(14)17-10/h2-6H,1H3,(H,15,16). The van der Waals surface area contributed by atoms with Crippen LogP contribution in [0.3, 0.4) is 0 Å². The van der Waals surface area contributed by atoms with Crippen LogP contribution in [0.2, 0.25) is 5.22 Å². The van der Waals surface area contributed by atoms with Crippen LogP contribution in [0, 0.1) is 6.92 Å². The Morgan fingerprint density at radius 3 is 2.71 bits per heavy atom. The van der Waals surface area contributed by atoms with Crippen LogP contribution >= 0.6 is 27.5 Å². The summed E-state index contributed by atoms with van der Waals surface area (Å²) < 4.78 is 5.95. The van der Waals surface area contributed by atoms with E-state index in [1.165, 1.54) is 12.1 Å². The van der Waals surface area contributed by atoms with Crippen molar-refractivity contribution < 1.29 is 9.21 Å². The van der Waals surface area contributed by atoms with E-state index in [9.17, 15) is 4.79 Å². The molecule has 0 saturated heterocycles. The molecule has 1 aromatic carbocycles. The number of halogens is 2. The largest absolute Gasteiger partial charge is 0.440 e. The molecule has 0 aliphatic rings. The van der Waals surface area contributed by atoms with Crippen molar-refractivity contribution in [1.82, 2.24) is 0 Å². The van der Waals surface area contributed by atoms with Gasteiger partial charge >= 0.3 is 0 Å². The summed E-state index contributed by atoms with van der Waals surface area (Å²) in [5, 5.41) is 2.91. The lowest BCUT2D eigenvalue weighted by molar-refractivity contribution is 0.0997. The SMILES string of the molecule is Cc1ccc(NC(=O)c2ccc(Cl)o2)cc1Br. The number of furan rings is 1. The average molecular weight is 315 g/mol. The Morgan fingerprint density at radius 2 is 2.12 bits per heavy atom. The Bertz CT molecular complexity index is 565. The number of carbonyl (C=O) groups is 1. The molecule has 2 rings (SSSR count). The highest BCUT2D eigenvalue weighted by Gasteiger charge is 2.10. The molecule has 0 spiro atoms. The van der Waals surface area contributed by atoms with Gasteiger partial charge in [0.2, 0.25) is 0 Å². The van der Waals surface area contributed by atoms with E-state index in [2.05, 4.69) is 21.2 Å². The van der Waals surface area contributed by atoms with Crippen molar-refractivity contribution in [2.75, 3.05) is 5.32 Å². The van der Waals surface area contributed by atoms with Crippen molar-refractivity contribution in [3.63, 3.8) is 0 Å². The summed E-state index contributed by atoms with van der Waals surface area (Å²) in [4.78, 5) is 11.7. The highest BCUT2D eigenvalue weighted by atomic mass is 79.9. The minimum atomic E-state index is -0.326. The maximum absolute atomic E-state index is 11.7. The molecule has 2 aromatic rings. The van der Waals surface area contributed by atoms with Crippen LogP contribution in [0.4, 0.5) is 5.69 Å². The van der Waals surface area contributed by atoms with E-state index >= 15 is 0 Å². The summed E-state index contributed by atoms with van der Waals surface area (Å²) in [5.41, 5.74) is 1.80. The molecule has 0 fully saturated rings. The van der Waals surface area contributed by atoms with Crippen molar-refractivity contribution in [3.05, 3.63) is 51.3 Å². The van der Waals surface area contributed by atoms with Crippen LogP contribution in [0.25, 0.3) is 0 Å². The molecule has 88 valence electrons. The highest BCUT2D eigenvalue weighted by molar-refractivity contribution is 9.10. The first-order valence-electron chi connectivity index (χ1n) is 4.89. The third kappa shape index (κ3) is 2.90. The molecule has 0 saturated carbocycles. The molecule has 3 nitrogen and oxygen atoms in total. The molecule has 0 aliphatic heterocycles. The highest BCUT2D eigenvalue weighted by Crippen LogP contribution is 2.21. The molecule has 1 heterocycles. The second kappa shape index (κ2) is 4.94. The lowest BCUT2D eigenvalue weighted by Crippen LogP contribution is -2.10. The molecule has 1 N–H and O–H groups in total. The second-order valence-electron chi connectivity index (χ2n) is 3.52. The summed E-state index contributed by atoms with van der Waals surface area (Å²) >= 11 is 9.00. The van der Waals surface area contributed by atoms with Gasteiger partial charge in [0, 0.05) is 10.2 Å². The maximum Gasteiger partial charge on any atom is 0.291 e. The molecule has 0 radical (unpaired) electrons. The molecular weight excluding hydrogens is 305 g/mol. The minimum absolute atomic E-state index is 0.187. The van der Waals surface area contributed by atoms with Crippen molar-refractivity contribution in [2.24, 2.45) is 0 Å². The van der Waals surface area contributed by atoms with Crippen LogP contribution in [0.15, 0.2) is 39.2 Å². The zero-order valence-corrected chi connectivity index (χ0v) is 11.3. The number of anilines is 1. The first kappa shape index (κ1) is 12.2. The third-order valence-electron chi connectivity index (χ3n) is 2.23. The fraction of sp³-hybridized carbons (Fsp3) is 0.0833. The molecule has 1 amide bonds. The van der Waals surface area contributed by atoms with Gasteiger partial charge in [-0.3, -0.25) is 4.79 Å². The predicted octanol–water partition coefficient (Wildman–Crippen LogP) is 4.26. The van der Waals surface area contributed by atoms with E-state index in [4.69, 9.17) is 16.0 Å². The van der Waals surface area contributed by atoms with Gasteiger partial charge in [0.25, 0.3) is 5.91 Å². The van der Waals surface area contributed by atoms with E-state index in [0.29, 0.717) is 5.69 Å². The summed E-state index contributed by atoms with van der Waals surface area (Å²) in [6.07, 6.45) is 0. The van der Waals surface area contributed by atoms with Gasteiger partial charge in [-0.2, -0.15) is 0 Å². The molecule has 0 atom stereocenters. The molecule has 17 heavy (non-hydrogen) atoms. The van der Waals surface area contributed by atoms with Crippen LogP contribution in [-0.4, -0.2) is 5.91 Å². The third-order valence-corrected chi connectivity index (χ3v) is 3.28. The van der Waals surface area contributed by atoms with E-state index in [-0.39, 0.29) is 16.9 Å². The van der Waals surface area contributed by atoms with Gasteiger partial charge in [-0.1, -0.05) is 22.0 Å². The van der Waals surface area contributed by atoms with Gasteiger partial charge in [-0.15, -0.1) is 0 Å². The van der Waals surface area contributed by atoms with Gasteiger partial charge in [0.05, 0.1) is 0 Å². The molecule has 1 aromatic heterocycles. The number of hydrogen-bond donors (Lipinski definition) is 1. The van der Waals surface area contributed by atoms with Gasteiger partial charge in [0.1, 0.15) is 0 Å². The lowest BCUT2D eigenvalue weighted by atomic mass is 10.2. The quantitative estimate of drug-likeness (QED) is 0.900. The maximum atomic E-state index is 11.7. The minimum Gasteiger partial charge on any atom is -0.440 e. The number of aryl methyl sites for hydroxylation is 1. The summed E-state index contributed by atoms with van der Waals surface area (Å²) in [6.45, 7) is 1.97. The van der Waals surface area contributed by atoms with Gasteiger partial charge in [-0.05, 0) is 48.4 Å². The first-order chi connectivity index (χ1) is 8.06. The summed E-state index contributed by atoms with van der Waals surface area (Å²) in [6, 6.07) is 8.62. The van der Waals surface area contributed by atoms with E-state index in [1.54, 1.807) is 0 Å². The van der Waals surface area contributed by atoms with Crippen LogP contribution in [-0.2, 0) is 0 Å². The number of rotatable bonds is 2. The lowest BCUT2D eigenvalue weighted by Gasteiger charge is -2.05. The van der Waals surface area contributed by atoms with Crippen molar-refractivity contribution in [3.8, 4) is 0 Å². The van der Waals surface area contributed by atoms with Crippen LogP contribution in [0.1, 0.15) is 16.1 Å². The predicted molar refractivity (Wildman–Crippen MR) is 70.6 cm³/mol. The Labute approximate surface area is 112 Å². The van der Waals surface area contributed by atoms with Crippen LogP contribution in [0.5, 0.6) is 0 Å². The molecular formula is C12H9BrClNO2. The molecule has 0 bridgehead atoms. The number of carbonyl (C=O) groups excluding carboxylic acids is 1. The van der Waals surface area contributed by atoms with Crippen molar-refractivity contribution >= 4 is 39.1 Å². The Kier molecular flexibility index (Phi) is 3.54. The number of benzene rings is 1. The van der Waals surface area contributed by atoms with Crippen molar-refractivity contribution in [1.29, 1.82) is 0 Å². The monoisotopic (exact) mass is 313 g/mol.